The summed E-state index contributed by atoms with van der Waals surface area (Å²) in [4.78, 5) is 48.2. The average Bonchev–Trinajstić information content (AvgIpc) is 3.52. The molecule has 7 rings (SSSR count). The third kappa shape index (κ3) is 4.51. The Hall–Kier alpha value is -5.08. The highest BCUT2D eigenvalue weighted by Crippen LogP contribution is 2.45. The van der Waals surface area contributed by atoms with E-state index in [-0.39, 0.29) is 29.6 Å². The minimum atomic E-state index is -0.751. The third-order valence-corrected chi connectivity index (χ3v) is 8.45. The number of amides is 4. The zero-order valence-electron chi connectivity index (χ0n) is 23.2. The van der Waals surface area contributed by atoms with Crippen LogP contribution in [0.1, 0.15) is 38.8 Å². The van der Waals surface area contributed by atoms with Gasteiger partial charge >= 0.3 is 6.03 Å². The Balaban J connectivity index is 1.25. The largest absolute Gasteiger partial charge is 0.497 e. The summed E-state index contributed by atoms with van der Waals surface area (Å²) >= 11 is 6.41. The van der Waals surface area contributed by atoms with Crippen molar-refractivity contribution in [2.24, 2.45) is 0 Å². The molecule has 0 radical (unpaired) electrons. The Bertz CT molecular complexity index is 1900. The van der Waals surface area contributed by atoms with Crippen molar-refractivity contribution in [2.45, 2.75) is 25.0 Å². The van der Waals surface area contributed by atoms with Crippen LogP contribution >= 0.6 is 11.6 Å². The summed E-state index contributed by atoms with van der Waals surface area (Å²) in [7, 11) is 1.59. The van der Waals surface area contributed by atoms with Crippen LogP contribution in [0.5, 0.6) is 5.75 Å². The zero-order valence-corrected chi connectivity index (χ0v) is 24.0. The number of ether oxygens (including phenoxy) is 1. The number of nitrogens with one attached hydrogen (secondary N) is 2. The summed E-state index contributed by atoms with van der Waals surface area (Å²) < 4.78 is 5.21. The number of benzene rings is 4. The molecule has 2 aliphatic heterocycles. The van der Waals surface area contributed by atoms with Crippen LogP contribution in [0.2, 0.25) is 5.02 Å². The van der Waals surface area contributed by atoms with Gasteiger partial charge in [-0.05, 0) is 59.2 Å². The van der Waals surface area contributed by atoms with Crippen LogP contribution in [0.15, 0.2) is 97.1 Å². The molecule has 1 fully saturated rings. The summed E-state index contributed by atoms with van der Waals surface area (Å²) in [6.45, 7) is 0.270. The Kier molecular flexibility index (Phi) is 6.63. The van der Waals surface area contributed by atoms with E-state index >= 15 is 0 Å². The molecule has 43 heavy (non-hydrogen) atoms. The van der Waals surface area contributed by atoms with E-state index in [9.17, 15) is 14.4 Å². The molecule has 4 amide bonds. The molecule has 0 bridgehead atoms. The Morgan fingerprint density at radius 3 is 2.53 bits per heavy atom. The number of halogens is 1. The van der Waals surface area contributed by atoms with Gasteiger partial charge in [-0.25, -0.2) is 9.69 Å². The SMILES string of the molecule is COc1ccc(CNC(=O)c2ccccc2N2C(=O)[C@@H]3Cc4c([nH]c5ccccc45)[C@H](c4cccc(Cl)c4)N3C2=O)cc1. The molecular weight excluding hydrogens is 564 g/mol. The molecule has 8 nitrogen and oxygen atoms in total. The first-order valence-corrected chi connectivity index (χ1v) is 14.3. The molecule has 3 heterocycles. The van der Waals surface area contributed by atoms with Gasteiger partial charge < -0.3 is 15.0 Å². The van der Waals surface area contributed by atoms with E-state index in [0.29, 0.717) is 11.4 Å². The summed E-state index contributed by atoms with van der Waals surface area (Å²) in [5.74, 6) is -0.0407. The Labute approximate surface area is 252 Å². The molecule has 0 spiro atoms. The number of fused-ring (bicyclic) bond motifs is 4. The van der Waals surface area contributed by atoms with Crippen LogP contribution < -0.4 is 15.0 Å². The van der Waals surface area contributed by atoms with Gasteiger partial charge in [-0.1, -0.05) is 66.2 Å². The highest BCUT2D eigenvalue weighted by atomic mass is 35.5. The number of hydrogen-bond donors (Lipinski definition) is 2. The maximum Gasteiger partial charge on any atom is 0.332 e. The van der Waals surface area contributed by atoms with E-state index in [2.05, 4.69) is 10.3 Å². The van der Waals surface area contributed by atoms with Crippen molar-refractivity contribution in [1.29, 1.82) is 0 Å². The maximum atomic E-state index is 14.3. The van der Waals surface area contributed by atoms with Crippen molar-refractivity contribution in [3.05, 3.63) is 130 Å². The van der Waals surface area contributed by atoms with Crippen LogP contribution in [-0.4, -0.2) is 40.9 Å². The van der Waals surface area contributed by atoms with E-state index in [4.69, 9.17) is 16.3 Å². The number of para-hydroxylation sites is 2. The maximum absolute atomic E-state index is 14.3. The molecule has 0 saturated carbocycles. The topological polar surface area (TPSA) is 94.7 Å². The Morgan fingerprint density at radius 2 is 1.74 bits per heavy atom. The Morgan fingerprint density at radius 1 is 0.977 bits per heavy atom. The lowest BCUT2D eigenvalue weighted by molar-refractivity contribution is -0.120. The van der Waals surface area contributed by atoms with Gasteiger partial charge in [0.25, 0.3) is 11.8 Å². The number of nitrogens with zero attached hydrogens (tertiary/aromatic N) is 2. The highest BCUT2D eigenvalue weighted by molar-refractivity contribution is 6.30. The fourth-order valence-electron chi connectivity index (χ4n) is 6.20. The molecule has 1 aromatic heterocycles. The number of anilines is 1. The van der Waals surface area contributed by atoms with Gasteiger partial charge in [0.15, 0.2) is 0 Å². The highest BCUT2D eigenvalue weighted by Gasteiger charge is 2.53. The second-order valence-corrected chi connectivity index (χ2v) is 11.1. The van der Waals surface area contributed by atoms with Gasteiger partial charge in [-0.15, -0.1) is 0 Å². The lowest BCUT2D eigenvalue weighted by Gasteiger charge is -2.36. The van der Waals surface area contributed by atoms with Crippen molar-refractivity contribution < 1.29 is 19.1 Å². The third-order valence-electron chi connectivity index (χ3n) is 8.22. The molecule has 9 heteroatoms. The van der Waals surface area contributed by atoms with Crippen LogP contribution in [0.25, 0.3) is 10.9 Å². The minimum absolute atomic E-state index is 0.237. The number of carbonyl (C=O) groups excluding carboxylic acids is 3. The molecule has 0 unspecified atom stereocenters. The van der Waals surface area contributed by atoms with E-state index in [0.717, 1.165) is 43.9 Å². The lowest BCUT2D eigenvalue weighted by atomic mass is 9.89. The number of carbonyl (C=O) groups is 3. The number of aromatic nitrogens is 1. The van der Waals surface area contributed by atoms with Crippen LogP contribution in [-0.2, 0) is 17.8 Å². The monoisotopic (exact) mass is 590 g/mol. The standard InChI is InChI=1S/C34H27ClN4O4/c1-43-23-15-13-20(14-16-23)19-36-32(40)25-10-3-5-12-28(25)39-33(41)29-18-26-24-9-2-4-11-27(24)37-30(26)31(38(29)34(39)42)21-7-6-8-22(35)17-21/h2-17,29,31,37H,18-19H2,1H3,(H,36,40)/t29-,31-/m0/s1. The fraction of sp³-hybridized carbons (Fsp3) is 0.147. The summed E-state index contributed by atoms with van der Waals surface area (Å²) in [6.07, 6.45) is 0.351. The number of rotatable bonds is 6. The number of aromatic amines is 1. The molecule has 2 aliphatic rings. The molecule has 2 N–H and O–H groups in total. The van der Waals surface area contributed by atoms with E-state index in [1.807, 2.05) is 66.7 Å². The summed E-state index contributed by atoms with van der Waals surface area (Å²) in [5.41, 5.74) is 4.95. The molecule has 0 aliphatic carbocycles. The van der Waals surface area contributed by atoms with Gasteiger partial charge in [-0.3, -0.25) is 14.5 Å². The number of H-pyrrole nitrogens is 1. The van der Waals surface area contributed by atoms with Gasteiger partial charge in [0.2, 0.25) is 0 Å². The quantitative estimate of drug-likeness (QED) is 0.229. The number of urea groups is 1. The predicted octanol–water partition coefficient (Wildman–Crippen LogP) is 6.24. The average molecular weight is 591 g/mol. The van der Waals surface area contributed by atoms with Crippen molar-refractivity contribution in [2.75, 3.05) is 12.0 Å². The first kappa shape index (κ1) is 26.8. The molecule has 2 atom stereocenters. The van der Waals surface area contributed by atoms with Gasteiger partial charge in [-0.2, -0.15) is 0 Å². The number of hydrogen-bond acceptors (Lipinski definition) is 4. The summed E-state index contributed by atoms with van der Waals surface area (Å²) in [6, 6.07) is 27.6. The van der Waals surface area contributed by atoms with Crippen LogP contribution in [0.3, 0.4) is 0 Å². The van der Waals surface area contributed by atoms with Gasteiger partial charge in [0.05, 0.1) is 18.4 Å². The molecule has 1 saturated heterocycles. The van der Waals surface area contributed by atoms with Gasteiger partial charge in [0.1, 0.15) is 17.8 Å². The zero-order chi connectivity index (χ0) is 29.7. The summed E-state index contributed by atoms with van der Waals surface area (Å²) in [5, 5.41) is 4.47. The number of imide groups is 1. The van der Waals surface area contributed by atoms with Gasteiger partial charge in [0, 0.05) is 34.6 Å². The first-order valence-electron chi connectivity index (χ1n) is 14.0. The molecule has 4 aromatic carbocycles. The van der Waals surface area contributed by atoms with Crippen molar-refractivity contribution in [3.63, 3.8) is 0 Å². The predicted molar refractivity (Wildman–Crippen MR) is 164 cm³/mol. The first-order chi connectivity index (χ1) is 20.9. The fourth-order valence-corrected chi connectivity index (χ4v) is 6.40. The van der Waals surface area contributed by atoms with Crippen molar-refractivity contribution >= 4 is 46.0 Å². The molecular formula is C34H27ClN4O4. The minimum Gasteiger partial charge on any atom is -0.497 e. The van der Waals surface area contributed by atoms with Crippen LogP contribution in [0, 0.1) is 0 Å². The van der Waals surface area contributed by atoms with E-state index in [1.165, 1.54) is 0 Å². The molecule has 5 aromatic rings. The van der Waals surface area contributed by atoms with E-state index in [1.54, 1.807) is 42.3 Å². The smallest absolute Gasteiger partial charge is 0.332 e. The molecule has 214 valence electrons. The lowest BCUT2D eigenvalue weighted by Crippen LogP contribution is -2.44. The van der Waals surface area contributed by atoms with Crippen LogP contribution in [0.4, 0.5) is 10.5 Å². The normalized spacial score (nSPS) is 17.6. The number of methoxy groups -OCH3 is 1. The van der Waals surface area contributed by atoms with Crippen molar-refractivity contribution in [1.82, 2.24) is 15.2 Å². The van der Waals surface area contributed by atoms with Crippen molar-refractivity contribution in [3.8, 4) is 5.75 Å². The second-order valence-electron chi connectivity index (χ2n) is 10.7. The van der Waals surface area contributed by atoms with E-state index < -0.39 is 18.1 Å². The second kappa shape index (κ2) is 10.6.